The first kappa shape index (κ1) is 15.9. The Kier molecular flexibility index (Phi) is 7.47. The number of benzene rings is 1. The van der Waals surface area contributed by atoms with Crippen molar-refractivity contribution >= 4 is 34.5 Å². The van der Waals surface area contributed by atoms with Crippen molar-refractivity contribution in [1.29, 1.82) is 0 Å². The lowest BCUT2D eigenvalue weighted by atomic mass is 10.1. The molecule has 1 amide bonds. The van der Waals surface area contributed by atoms with Crippen molar-refractivity contribution in [3.63, 3.8) is 0 Å². The van der Waals surface area contributed by atoms with Crippen LogP contribution < -0.4 is 5.32 Å². The van der Waals surface area contributed by atoms with E-state index in [1.807, 2.05) is 24.3 Å². The van der Waals surface area contributed by atoms with Gasteiger partial charge in [0.25, 0.3) is 5.91 Å². The van der Waals surface area contributed by atoms with E-state index in [1.54, 1.807) is 0 Å². The first-order chi connectivity index (χ1) is 9.09. The SMILES string of the molecule is O=C(O)CCCCCCNC(=O)c1ccc(I)cc1. The smallest absolute Gasteiger partial charge is 0.303 e. The molecule has 0 aliphatic heterocycles. The van der Waals surface area contributed by atoms with E-state index < -0.39 is 5.97 Å². The second kappa shape index (κ2) is 8.90. The fraction of sp³-hybridized carbons (Fsp3) is 0.429. The number of carboxylic acids is 1. The van der Waals surface area contributed by atoms with Crippen LogP contribution in [0.1, 0.15) is 42.5 Å². The third-order valence-corrected chi connectivity index (χ3v) is 3.43. The van der Waals surface area contributed by atoms with Crippen LogP contribution in [0.3, 0.4) is 0 Å². The van der Waals surface area contributed by atoms with Crippen LogP contribution in [0.4, 0.5) is 0 Å². The minimum atomic E-state index is -0.744. The molecular weight excluding hydrogens is 357 g/mol. The highest BCUT2D eigenvalue weighted by Crippen LogP contribution is 2.07. The van der Waals surface area contributed by atoms with E-state index in [-0.39, 0.29) is 12.3 Å². The van der Waals surface area contributed by atoms with E-state index in [4.69, 9.17) is 5.11 Å². The van der Waals surface area contributed by atoms with Crippen LogP contribution in [0.5, 0.6) is 0 Å². The third kappa shape index (κ3) is 7.15. The quantitative estimate of drug-likeness (QED) is 0.542. The van der Waals surface area contributed by atoms with Crippen LogP contribution in [0.25, 0.3) is 0 Å². The highest BCUT2D eigenvalue weighted by Gasteiger charge is 2.03. The molecule has 0 unspecified atom stereocenters. The Morgan fingerprint density at radius 2 is 1.68 bits per heavy atom. The molecule has 104 valence electrons. The van der Waals surface area contributed by atoms with Crippen molar-refractivity contribution in [3.05, 3.63) is 33.4 Å². The average molecular weight is 375 g/mol. The zero-order valence-electron chi connectivity index (χ0n) is 10.7. The van der Waals surface area contributed by atoms with Crippen LogP contribution in [0.15, 0.2) is 24.3 Å². The van der Waals surface area contributed by atoms with Gasteiger partial charge < -0.3 is 10.4 Å². The Morgan fingerprint density at radius 1 is 1.05 bits per heavy atom. The standard InChI is InChI=1S/C14H18INO3/c15-12-8-6-11(7-9-12)14(19)16-10-4-2-1-3-5-13(17)18/h6-9H,1-5,10H2,(H,16,19)(H,17,18). The fourth-order valence-electron chi connectivity index (χ4n) is 1.66. The molecule has 1 aromatic carbocycles. The van der Waals surface area contributed by atoms with Crippen LogP contribution in [0.2, 0.25) is 0 Å². The average Bonchev–Trinajstić information content (AvgIpc) is 2.38. The van der Waals surface area contributed by atoms with Gasteiger partial charge in [-0.05, 0) is 59.7 Å². The second-order valence-corrected chi connectivity index (χ2v) is 5.57. The molecule has 19 heavy (non-hydrogen) atoms. The Hall–Kier alpha value is -1.11. The molecule has 0 heterocycles. The minimum Gasteiger partial charge on any atom is -0.481 e. The molecule has 0 fully saturated rings. The van der Waals surface area contributed by atoms with Gasteiger partial charge in [-0.1, -0.05) is 12.8 Å². The number of carboxylic acid groups (broad SMARTS) is 1. The zero-order valence-corrected chi connectivity index (χ0v) is 12.9. The number of hydrogen-bond acceptors (Lipinski definition) is 2. The van der Waals surface area contributed by atoms with E-state index in [2.05, 4.69) is 27.9 Å². The van der Waals surface area contributed by atoms with E-state index in [1.165, 1.54) is 0 Å². The number of carbonyl (C=O) groups is 2. The molecule has 0 saturated heterocycles. The molecular formula is C14H18INO3. The van der Waals surface area contributed by atoms with Gasteiger partial charge >= 0.3 is 5.97 Å². The Morgan fingerprint density at radius 3 is 2.32 bits per heavy atom. The number of aliphatic carboxylic acids is 1. The summed E-state index contributed by atoms with van der Waals surface area (Å²) in [6.07, 6.45) is 3.66. The number of hydrogen-bond donors (Lipinski definition) is 2. The molecule has 5 heteroatoms. The molecule has 0 aliphatic rings. The predicted molar refractivity (Wildman–Crippen MR) is 82.2 cm³/mol. The normalized spacial score (nSPS) is 10.2. The molecule has 0 aliphatic carbocycles. The van der Waals surface area contributed by atoms with Gasteiger partial charge in [-0.25, -0.2) is 0 Å². The molecule has 2 N–H and O–H groups in total. The maximum absolute atomic E-state index is 11.7. The molecule has 0 bridgehead atoms. The second-order valence-electron chi connectivity index (χ2n) is 4.32. The number of unbranched alkanes of at least 4 members (excludes halogenated alkanes) is 3. The number of rotatable bonds is 8. The maximum Gasteiger partial charge on any atom is 0.303 e. The van der Waals surface area contributed by atoms with Crippen molar-refractivity contribution < 1.29 is 14.7 Å². The largest absolute Gasteiger partial charge is 0.481 e. The van der Waals surface area contributed by atoms with Gasteiger partial charge in [0, 0.05) is 22.1 Å². The fourth-order valence-corrected chi connectivity index (χ4v) is 2.02. The van der Waals surface area contributed by atoms with Crippen molar-refractivity contribution in [1.82, 2.24) is 5.32 Å². The summed E-state index contributed by atoms with van der Waals surface area (Å²) in [7, 11) is 0. The zero-order chi connectivity index (χ0) is 14.1. The molecule has 0 atom stereocenters. The lowest BCUT2D eigenvalue weighted by Crippen LogP contribution is -2.24. The van der Waals surface area contributed by atoms with E-state index in [9.17, 15) is 9.59 Å². The lowest BCUT2D eigenvalue weighted by molar-refractivity contribution is -0.137. The Bertz CT molecular complexity index is 417. The van der Waals surface area contributed by atoms with Crippen molar-refractivity contribution in [2.45, 2.75) is 32.1 Å². The van der Waals surface area contributed by atoms with Gasteiger partial charge in [-0.15, -0.1) is 0 Å². The Labute approximate surface area is 126 Å². The molecule has 4 nitrogen and oxygen atoms in total. The highest BCUT2D eigenvalue weighted by atomic mass is 127. The van der Waals surface area contributed by atoms with Crippen LogP contribution >= 0.6 is 22.6 Å². The van der Waals surface area contributed by atoms with E-state index in [0.717, 1.165) is 22.8 Å². The number of nitrogens with one attached hydrogen (secondary N) is 1. The Balaban J connectivity index is 2.11. The number of halogens is 1. The summed E-state index contributed by atoms with van der Waals surface area (Å²) in [6.45, 7) is 0.637. The number of carbonyl (C=O) groups excluding carboxylic acids is 1. The van der Waals surface area contributed by atoms with Gasteiger partial charge in [0.2, 0.25) is 0 Å². The lowest BCUT2D eigenvalue weighted by Gasteiger charge is -2.05. The summed E-state index contributed by atoms with van der Waals surface area (Å²) in [5.74, 6) is -0.797. The van der Waals surface area contributed by atoms with E-state index in [0.29, 0.717) is 18.5 Å². The molecule has 0 aromatic heterocycles. The highest BCUT2D eigenvalue weighted by molar-refractivity contribution is 14.1. The van der Waals surface area contributed by atoms with Gasteiger partial charge in [-0.2, -0.15) is 0 Å². The van der Waals surface area contributed by atoms with Crippen LogP contribution in [0, 0.1) is 3.57 Å². The van der Waals surface area contributed by atoms with Gasteiger partial charge in [0.15, 0.2) is 0 Å². The van der Waals surface area contributed by atoms with Gasteiger partial charge in [-0.3, -0.25) is 9.59 Å². The molecule has 1 aromatic rings. The van der Waals surface area contributed by atoms with Crippen molar-refractivity contribution in [2.75, 3.05) is 6.54 Å². The topological polar surface area (TPSA) is 66.4 Å². The first-order valence-electron chi connectivity index (χ1n) is 6.35. The molecule has 0 spiro atoms. The van der Waals surface area contributed by atoms with Crippen LogP contribution in [-0.4, -0.2) is 23.5 Å². The molecule has 0 saturated carbocycles. The summed E-state index contributed by atoms with van der Waals surface area (Å²) in [5.41, 5.74) is 0.672. The number of amides is 1. The summed E-state index contributed by atoms with van der Waals surface area (Å²) < 4.78 is 1.10. The maximum atomic E-state index is 11.7. The van der Waals surface area contributed by atoms with Crippen molar-refractivity contribution in [2.24, 2.45) is 0 Å². The van der Waals surface area contributed by atoms with Crippen molar-refractivity contribution in [3.8, 4) is 0 Å². The van der Waals surface area contributed by atoms with Gasteiger partial charge in [0.1, 0.15) is 0 Å². The summed E-state index contributed by atoms with van der Waals surface area (Å²) >= 11 is 2.20. The predicted octanol–water partition coefficient (Wildman–Crippen LogP) is 3.06. The molecule has 1 rings (SSSR count). The minimum absolute atomic E-state index is 0.0538. The first-order valence-corrected chi connectivity index (χ1v) is 7.43. The summed E-state index contributed by atoms with van der Waals surface area (Å²) in [4.78, 5) is 22.0. The third-order valence-electron chi connectivity index (χ3n) is 2.71. The monoisotopic (exact) mass is 375 g/mol. The van der Waals surface area contributed by atoms with E-state index >= 15 is 0 Å². The molecule has 0 radical (unpaired) electrons. The summed E-state index contributed by atoms with van der Waals surface area (Å²) in [6, 6.07) is 7.43. The summed E-state index contributed by atoms with van der Waals surface area (Å²) in [5, 5.41) is 11.3. The van der Waals surface area contributed by atoms with Gasteiger partial charge in [0.05, 0.1) is 0 Å². The van der Waals surface area contributed by atoms with Crippen LogP contribution in [-0.2, 0) is 4.79 Å².